The molecule has 0 aromatic heterocycles. The van der Waals surface area contributed by atoms with E-state index in [0.717, 1.165) is 5.82 Å². The standard InChI is InChI=1S/C8H13BI/c10-8-5-1-3-7(9-8)4-2-6-8/h7H,1-6H2. The van der Waals surface area contributed by atoms with Crippen LogP contribution in [0.5, 0.6) is 0 Å². The number of hydrogen-bond acceptors (Lipinski definition) is 0. The molecule has 2 rings (SSSR count). The predicted octanol–water partition coefficient (Wildman–Crippen LogP) is 2.98. The van der Waals surface area contributed by atoms with Gasteiger partial charge in [-0.1, -0.05) is 54.1 Å². The smallest absolute Gasteiger partial charge is 0.0887 e. The summed E-state index contributed by atoms with van der Waals surface area (Å²) < 4.78 is 0.624. The first-order chi connectivity index (χ1) is 4.79. The first-order valence-electron chi connectivity index (χ1n) is 4.33. The molecular formula is C8H13BI. The molecule has 0 saturated carbocycles. The minimum atomic E-state index is 0.624. The van der Waals surface area contributed by atoms with Gasteiger partial charge in [-0.3, -0.25) is 0 Å². The molecule has 2 heteroatoms. The molecule has 2 bridgehead atoms. The summed E-state index contributed by atoms with van der Waals surface area (Å²) in [7, 11) is 2.63. The summed E-state index contributed by atoms with van der Waals surface area (Å²) in [5, 5.41) is 0. The van der Waals surface area contributed by atoms with Gasteiger partial charge in [-0.15, -0.1) is 0 Å². The van der Waals surface area contributed by atoms with Crippen molar-refractivity contribution < 1.29 is 0 Å². The van der Waals surface area contributed by atoms with Crippen molar-refractivity contribution >= 4 is 29.9 Å². The Balaban J connectivity index is 2.07. The molecule has 2 saturated heterocycles. The lowest BCUT2D eigenvalue weighted by atomic mass is 9.44. The molecule has 2 aliphatic rings. The molecule has 0 aromatic rings. The first-order valence-corrected chi connectivity index (χ1v) is 5.41. The zero-order valence-corrected chi connectivity index (χ0v) is 8.43. The molecule has 0 atom stereocenters. The molecular weight excluding hydrogens is 234 g/mol. The summed E-state index contributed by atoms with van der Waals surface area (Å²) in [6.45, 7) is 0. The Morgan fingerprint density at radius 2 is 1.80 bits per heavy atom. The summed E-state index contributed by atoms with van der Waals surface area (Å²) in [6, 6.07) is 0. The van der Waals surface area contributed by atoms with Crippen LogP contribution in [0.15, 0.2) is 0 Å². The monoisotopic (exact) mass is 247 g/mol. The summed E-state index contributed by atoms with van der Waals surface area (Å²) in [6.07, 6.45) is 8.80. The lowest BCUT2D eigenvalue weighted by Crippen LogP contribution is -2.38. The van der Waals surface area contributed by atoms with E-state index in [1.165, 1.54) is 38.5 Å². The number of fused-ring (bicyclic) bond motifs is 2. The molecule has 2 heterocycles. The van der Waals surface area contributed by atoms with Crippen LogP contribution in [-0.4, -0.2) is 10.6 Å². The van der Waals surface area contributed by atoms with Gasteiger partial charge in [0.2, 0.25) is 0 Å². The van der Waals surface area contributed by atoms with E-state index in [1.807, 2.05) is 0 Å². The molecule has 0 N–H and O–H groups in total. The molecule has 55 valence electrons. The third kappa shape index (κ3) is 1.36. The van der Waals surface area contributed by atoms with Crippen LogP contribution in [0.1, 0.15) is 38.5 Å². The number of rotatable bonds is 0. The topological polar surface area (TPSA) is 0 Å². The molecule has 0 spiro atoms. The van der Waals surface area contributed by atoms with Gasteiger partial charge < -0.3 is 0 Å². The molecule has 1 radical (unpaired) electrons. The SMILES string of the molecule is IC12[B]C(CCC1)CCC2. The highest BCUT2D eigenvalue weighted by Crippen LogP contribution is 2.45. The molecule has 0 aromatic carbocycles. The lowest BCUT2D eigenvalue weighted by molar-refractivity contribution is 0.450. The molecule has 2 fully saturated rings. The normalized spacial score (nSPS) is 46.3. The Bertz CT molecular complexity index is 125. The second kappa shape index (κ2) is 2.69. The maximum Gasteiger partial charge on any atom is 0.135 e. The van der Waals surface area contributed by atoms with Crippen molar-refractivity contribution in [2.75, 3.05) is 0 Å². The fourth-order valence-electron chi connectivity index (χ4n) is 2.34. The van der Waals surface area contributed by atoms with Crippen LogP contribution in [0, 0.1) is 0 Å². The Hall–Kier alpha value is 0.795. The fraction of sp³-hybridized carbons (Fsp3) is 1.00. The highest BCUT2D eigenvalue weighted by atomic mass is 127. The van der Waals surface area contributed by atoms with Crippen LogP contribution in [0.25, 0.3) is 0 Å². The van der Waals surface area contributed by atoms with Crippen LogP contribution in [-0.2, 0) is 0 Å². The van der Waals surface area contributed by atoms with Crippen molar-refractivity contribution in [2.24, 2.45) is 0 Å². The number of halogens is 1. The molecule has 10 heavy (non-hydrogen) atoms. The van der Waals surface area contributed by atoms with E-state index < -0.39 is 0 Å². The van der Waals surface area contributed by atoms with E-state index in [0.29, 0.717) is 3.32 Å². The van der Waals surface area contributed by atoms with Gasteiger partial charge >= 0.3 is 0 Å². The summed E-state index contributed by atoms with van der Waals surface area (Å²) >= 11 is 2.66. The van der Waals surface area contributed by atoms with E-state index in [9.17, 15) is 0 Å². The number of alkyl halides is 1. The van der Waals surface area contributed by atoms with Gasteiger partial charge in [0.15, 0.2) is 0 Å². The summed E-state index contributed by atoms with van der Waals surface area (Å²) in [5.74, 6) is 0.986. The Morgan fingerprint density at radius 1 is 1.20 bits per heavy atom. The molecule has 0 unspecified atom stereocenters. The van der Waals surface area contributed by atoms with Crippen LogP contribution in [0.2, 0.25) is 5.82 Å². The van der Waals surface area contributed by atoms with Gasteiger partial charge in [0.1, 0.15) is 7.28 Å². The largest absolute Gasteiger partial charge is 0.135 e. The second-order valence-electron chi connectivity index (χ2n) is 3.75. The summed E-state index contributed by atoms with van der Waals surface area (Å²) in [4.78, 5) is 0. The van der Waals surface area contributed by atoms with Crippen LogP contribution < -0.4 is 0 Å². The van der Waals surface area contributed by atoms with Crippen molar-refractivity contribution in [1.29, 1.82) is 0 Å². The Kier molecular flexibility index (Phi) is 2.00. The van der Waals surface area contributed by atoms with Gasteiger partial charge in [-0.25, -0.2) is 0 Å². The molecule has 0 nitrogen and oxygen atoms in total. The zero-order valence-electron chi connectivity index (χ0n) is 6.28. The van der Waals surface area contributed by atoms with Crippen molar-refractivity contribution in [2.45, 2.75) is 47.7 Å². The van der Waals surface area contributed by atoms with Crippen LogP contribution >= 0.6 is 22.6 Å². The summed E-state index contributed by atoms with van der Waals surface area (Å²) in [5.41, 5.74) is 0. The van der Waals surface area contributed by atoms with Crippen molar-refractivity contribution in [1.82, 2.24) is 0 Å². The van der Waals surface area contributed by atoms with Gasteiger partial charge in [-0.05, 0) is 16.2 Å². The van der Waals surface area contributed by atoms with E-state index in [4.69, 9.17) is 0 Å². The zero-order chi connectivity index (χ0) is 7.03. The van der Waals surface area contributed by atoms with Crippen molar-refractivity contribution in [3.05, 3.63) is 0 Å². The average Bonchev–Trinajstić information content (AvgIpc) is 1.86. The third-order valence-electron chi connectivity index (χ3n) is 2.87. The van der Waals surface area contributed by atoms with Crippen molar-refractivity contribution in [3.8, 4) is 0 Å². The van der Waals surface area contributed by atoms with E-state index in [2.05, 4.69) is 29.9 Å². The van der Waals surface area contributed by atoms with Gasteiger partial charge in [0, 0.05) is 0 Å². The maximum absolute atomic E-state index is 2.66. The predicted molar refractivity (Wildman–Crippen MR) is 54.0 cm³/mol. The van der Waals surface area contributed by atoms with Crippen molar-refractivity contribution in [3.63, 3.8) is 0 Å². The molecule has 0 aliphatic carbocycles. The highest BCUT2D eigenvalue weighted by Gasteiger charge is 2.37. The highest BCUT2D eigenvalue weighted by molar-refractivity contribution is 14.1. The number of hydrogen-bond donors (Lipinski definition) is 0. The van der Waals surface area contributed by atoms with Crippen LogP contribution in [0.4, 0.5) is 0 Å². The van der Waals surface area contributed by atoms with Gasteiger partial charge in [-0.2, -0.15) is 0 Å². The fourth-order valence-corrected chi connectivity index (χ4v) is 3.61. The van der Waals surface area contributed by atoms with Gasteiger partial charge in [0.25, 0.3) is 0 Å². The minimum absolute atomic E-state index is 0.624. The maximum atomic E-state index is 2.66. The lowest BCUT2D eigenvalue weighted by Gasteiger charge is -2.40. The van der Waals surface area contributed by atoms with E-state index in [-0.39, 0.29) is 0 Å². The van der Waals surface area contributed by atoms with E-state index in [1.54, 1.807) is 0 Å². The molecule has 2 aliphatic heterocycles. The third-order valence-corrected chi connectivity index (χ3v) is 4.31. The Morgan fingerprint density at radius 3 is 2.20 bits per heavy atom. The quantitative estimate of drug-likeness (QED) is 0.350. The minimum Gasteiger partial charge on any atom is -0.0887 e. The second-order valence-corrected chi connectivity index (χ2v) is 5.89. The van der Waals surface area contributed by atoms with Gasteiger partial charge in [0.05, 0.1) is 0 Å². The first kappa shape index (κ1) is 7.44. The average molecular weight is 247 g/mol. The molecule has 0 amide bonds. The Labute approximate surface area is 77.5 Å². The van der Waals surface area contributed by atoms with E-state index >= 15 is 0 Å². The van der Waals surface area contributed by atoms with Crippen LogP contribution in [0.3, 0.4) is 0 Å².